The molecule has 1 saturated heterocycles. The van der Waals surface area contributed by atoms with E-state index in [4.69, 9.17) is 14.3 Å². The number of furan rings is 1. The van der Waals surface area contributed by atoms with Gasteiger partial charge in [-0.3, -0.25) is 4.79 Å². The Balaban J connectivity index is 1.62. The van der Waals surface area contributed by atoms with Gasteiger partial charge in [0.2, 0.25) is 5.91 Å². The summed E-state index contributed by atoms with van der Waals surface area (Å²) in [6.45, 7) is 0.724. The number of hydrogen-bond acceptors (Lipinski definition) is 5. The van der Waals surface area contributed by atoms with E-state index in [0.717, 1.165) is 5.39 Å². The van der Waals surface area contributed by atoms with Crippen LogP contribution in [0.25, 0.3) is 11.0 Å². The molecular formula is C16H21N3O5S. The molecule has 0 atom stereocenters. The highest BCUT2D eigenvalue weighted by atomic mass is 32.2. The lowest BCUT2D eigenvalue weighted by Gasteiger charge is -2.28. The predicted octanol–water partition coefficient (Wildman–Crippen LogP) is 0.973. The first kappa shape index (κ1) is 17.7. The van der Waals surface area contributed by atoms with E-state index in [1.807, 2.05) is 24.3 Å². The van der Waals surface area contributed by atoms with Crippen molar-refractivity contribution in [3.05, 3.63) is 30.0 Å². The zero-order valence-electron chi connectivity index (χ0n) is 13.9. The second-order valence-corrected chi connectivity index (χ2v) is 7.54. The Morgan fingerprint density at radius 1 is 1.36 bits per heavy atom. The third kappa shape index (κ3) is 3.78. The fourth-order valence-electron chi connectivity index (χ4n) is 3.10. The first-order valence-electron chi connectivity index (χ1n) is 8.00. The van der Waals surface area contributed by atoms with E-state index in [-0.39, 0.29) is 31.5 Å². The summed E-state index contributed by atoms with van der Waals surface area (Å²) in [5.41, 5.74) is 0.699. The molecule has 2 heterocycles. The van der Waals surface area contributed by atoms with E-state index in [1.165, 1.54) is 4.31 Å². The molecule has 9 heteroatoms. The number of hydrogen-bond donors (Lipinski definition) is 2. The third-order valence-electron chi connectivity index (χ3n) is 4.43. The molecule has 0 unspecified atom stereocenters. The van der Waals surface area contributed by atoms with Gasteiger partial charge in [0.25, 0.3) is 10.2 Å². The minimum Gasteiger partial charge on any atom is -0.492 e. The highest BCUT2D eigenvalue weighted by Crippen LogP contribution is 2.32. The summed E-state index contributed by atoms with van der Waals surface area (Å²) in [4.78, 5) is 12.3. The molecule has 1 aromatic carbocycles. The van der Waals surface area contributed by atoms with E-state index in [0.29, 0.717) is 29.9 Å². The summed E-state index contributed by atoms with van der Waals surface area (Å²) in [5, 5.41) is 8.81. The largest absolute Gasteiger partial charge is 0.492 e. The third-order valence-corrected chi connectivity index (χ3v) is 5.51. The maximum absolute atomic E-state index is 12.3. The minimum atomic E-state index is -3.68. The molecular weight excluding hydrogens is 346 g/mol. The molecule has 0 aliphatic carbocycles. The normalized spacial score (nSPS) is 16.9. The lowest BCUT2D eigenvalue weighted by molar-refractivity contribution is -0.126. The van der Waals surface area contributed by atoms with Crippen LogP contribution in [0.2, 0.25) is 0 Å². The van der Waals surface area contributed by atoms with Gasteiger partial charge in [0, 0.05) is 19.0 Å². The lowest BCUT2D eigenvalue weighted by atomic mass is 9.97. The highest BCUT2D eigenvalue weighted by Gasteiger charge is 2.29. The van der Waals surface area contributed by atoms with Crippen LogP contribution in [0.4, 0.5) is 0 Å². The maximum Gasteiger partial charge on any atom is 0.276 e. The van der Waals surface area contributed by atoms with Crippen molar-refractivity contribution in [2.24, 2.45) is 11.1 Å². The van der Waals surface area contributed by atoms with Crippen LogP contribution in [0.5, 0.6) is 5.75 Å². The van der Waals surface area contributed by atoms with Gasteiger partial charge in [0.1, 0.15) is 5.58 Å². The fourth-order valence-corrected chi connectivity index (χ4v) is 3.82. The SMILES string of the molecule is COc1c(CNC(=O)C2CCN(S(N)(=O)=O)CC2)oc2ccccc12. The number of nitrogens with one attached hydrogen (secondary N) is 1. The first-order chi connectivity index (χ1) is 11.9. The average Bonchev–Trinajstić information content (AvgIpc) is 2.96. The second kappa shape index (κ2) is 7.03. The van der Waals surface area contributed by atoms with Crippen molar-refractivity contribution in [3.8, 4) is 5.75 Å². The number of methoxy groups -OCH3 is 1. The Labute approximate surface area is 146 Å². The van der Waals surface area contributed by atoms with Gasteiger partial charge >= 0.3 is 0 Å². The monoisotopic (exact) mass is 367 g/mol. The number of rotatable bonds is 5. The Bertz CT molecular complexity index is 869. The fraction of sp³-hybridized carbons (Fsp3) is 0.438. The van der Waals surface area contributed by atoms with Crippen LogP contribution >= 0.6 is 0 Å². The Hall–Kier alpha value is -2.10. The Morgan fingerprint density at radius 3 is 2.68 bits per heavy atom. The van der Waals surface area contributed by atoms with Gasteiger partial charge in [0.15, 0.2) is 11.5 Å². The molecule has 8 nitrogen and oxygen atoms in total. The smallest absolute Gasteiger partial charge is 0.276 e. The summed E-state index contributed by atoms with van der Waals surface area (Å²) in [5.74, 6) is 0.795. The molecule has 3 rings (SSSR count). The van der Waals surface area contributed by atoms with E-state index >= 15 is 0 Å². The summed E-state index contributed by atoms with van der Waals surface area (Å²) in [6.07, 6.45) is 0.888. The zero-order chi connectivity index (χ0) is 18.0. The van der Waals surface area contributed by atoms with Crippen LogP contribution in [0.1, 0.15) is 18.6 Å². The number of fused-ring (bicyclic) bond motifs is 1. The molecule has 1 amide bonds. The van der Waals surface area contributed by atoms with Crippen LogP contribution in [0, 0.1) is 5.92 Å². The quantitative estimate of drug-likeness (QED) is 0.817. The first-order valence-corrected chi connectivity index (χ1v) is 9.50. The topological polar surface area (TPSA) is 115 Å². The van der Waals surface area contributed by atoms with Gasteiger partial charge in [-0.2, -0.15) is 12.7 Å². The highest BCUT2D eigenvalue weighted by molar-refractivity contribution is 7.86. The van der Waals surface area contributed by atoms with Crippen LogP contribution in [-0.4, -0.2) is 38.8 Å². The van der Waals surface area contributed by atoms with Crippen LogP contribution < -0.4 is 15.2 Å². The van der Waals surface area contributed by atoms with Crippen molar-refractivity contribution in [3.63, 3.8) is 0 Å². The molecule has 1 fully saturated rings. The maximum atomic E-state index is 12.3. The number of carbonyl (C=O) groups is 1. The van der Waals surface area contributed by atoms with Gasteiger partial charge in [0.05, 0.1) is 19.0 Å². The van der Waals surface area contributed by atoms with E-state index in [9.17, 15) is 13.2 Å². The van der Waals surface area contributed by atoms with E-state index in [2.05, 4.69) is 5.32 Å². The van der Waals surface area contributed by atoms with Gasteiger partial charge in [-0.05, 0) is 25.0 Å². The summed E-state index contributed by atoms with van der Waals surface area (Å²) in [6, 6.07) is 7.49. The van der Waals surface area contributed by atoms with Gasteiger partial charge in [-0.1, -0.05) is 12.1 Å². The van der Waals surface area contributed by atoms with Crippen LogP contribution in [-0.2, 0) is 21.5 Å². The molecule has 0 bridgehead atoms. The molecule has 0 spiro atoms. The lowest BCUT2D eigenvalue weighted by Crippen LogP contribution is -2.45. The van der Waals surface area contributed by atoms with Crippen molar-refractivity contribution >= 4 is 27.1 Å². The molecule has 25 heavy (non-hydrogen) atoms. The van der Waals surface area contributed by atoms with Gasteiger partial charge in [-0.25, -0.2) is 5.14 Å². The van der Waals surface area contributed by atoms with E-state index in [1.54, 1.807) is 7.11 Å². The van der Waals surface area contributed by atoms with E-state index < -0.39 is 10.2 Å². The number of nitrogens with two attached hydrogens (primary N) is 1. The molecule has 3 N–H and O–H groups in total. The molecule has 0 saturated carbocycles. The number of benzene rings is 1. The molecule has 1 aliphatic rings. The van der Waals surface area contributed by atoms with Crippen molar-refractivity contribution in [1.82, 2.24) is 9.62 Å². The molecule has 2 aromatic rings. The number of piperidine rings is 1. The number of ether oxygens (including phenoxy) is 1. The Morgan fingerprint density at radius 2 is 2.04 bits per heavy atom. The van der Waals surface area contributed by atoms with Crippen molar-refractivity contribution in [1.29, 1.82) is 0 Å². The molecule has 136 valence electrons. The summed E-state index contributed by atoms with van der Waals surface area (Å²) < 4.78 is 34.9. The molecule has 1 aliphatic heterocycles. The predicted molar refractivity (Wildman–Crippen MR) is 92.0 cm³/mol. The number of carbonyl (C=O) groups excluding carboxylic acids is 1. The van der Waals surface area contributed by atoms with Crippen molar-refractivity contribution in [2.45, 2.75) is 19.4 Å². The Kier molecular flexibility index (Phi) is 4.98. The number of amides is 1. The van der Waals surface area contributed by atoms with Crippen LogP contribution in [0.3, 0.4) is 0 Å². The number of nitrogens with zero attached hydrogens (tertiary/aromatic N) is 1. The molecule has 0 radical (unpaired) electrons. The van der Waals surface area contributed by atoms with Crippen molar-refractivity contribution < 1.29 is 22.4 Å². The van der Waals surface area contributed by atoms with Gasteiger partial charge in [-0.15, -0.1) is 0 Å². The van der Waals surface area contributed by atoms with Crippen molar-refractivity contribution in [2.75, 3.05) is 20.2 Å². The minimum absolute atomic E-state index is 0.128. The standard InChI is InChI=1S/C16H21N3O5S/c1-23-15-12-4-2-3-5-13(12)24-14(15)10-18-16(20)11-6-8-19(9-7-11)25(17,21)22/h2-5,11H,6-10H2,1H3,(H,18,20)(H2,17,21,22). The second-order valence-electron chi connectivity index (χ2n) is 5.99. The summed E-state index contributed by atoms with van der Waals surface area (Å²) >= 11 is 0. The van der Waals surface area contributed by atoms with Gasteiger partial charge < -0.3 is 14.5 Å². The average molecular weight is 367 g/mol. The molecule has 1 aromatic heterocycles. The zero-order valence-corrected chi connectivity index (χ0v) is 14.7. The summed E-state index contributed by atoms with van der Waals surface area (Å²) in [7, 11) is -2.12. The number of para-hydroxylation sites is 1. The van der Waals surface area contributed by atoms with Crippen LogP contribution in [0.15, 0.2) is 28.7 Å².